The van der Waals surface area contributed by atoms with E-state index in [-0.39, 0.29) is 12.5 Å². The summed E-state index contributed by atoms with van der Waals surface area (Å²) in [4.78, 5) is 20.2. The lowest BCUT2D eigenvalue weighted by molar-refractivity contribution is 0.0915. The molecule has 7 nitrogen and oxygen atoms in total. The zero-order valence-electron chi connectivity index (χ0n) is 13.1. The highest BCUT2D eigenvalue weighted by Crippen LogP contribution is 2.14. The van der Waals surface area contributed by atoms with Gasteiger partial charge in [0.25, 0.3) is 5.91 Å². The average molecular weight is 323 g/mol. The van der Waals surface area contributed by atoms with Crippen LogP contribution in [-0.4, -0.2) is 37.3 Å². The maximum Gasteiger partial charge on any atom is 0.254 e. The molecule has 1 amide bonds. The van der Waals surface area contributed by atoms with Crippen LogP contribution in [0.15, 0.2) is 55.2 Å². The van der Waals surface area contributed by atoms with Crippen LogP contribution < -0.4 is 5.32 Å². The Morgan fingerprint density at radius 2 is 1.79 bits per heavy atom. The van der Waals surface area contributed by atoms with Crippen molar-refractivity contribution in [3.63, 3.8) is 0 Å². The van der Waals surface area contributed by atoms with Gasteiger partial charge in [-0.1, -0.05) is 0 Å². The van der Waals surface area contributed by atoms with E-state index < -0.39 is 6.10 Å². The van der Waals surface area contributed by atoms with Gasteiger partial charge in [0, 0.05) is 31.3 Å². The quantitative estimate of drug-likeness (QED) is 0.741. The van der Waals surface area contributed by atoms with Crippen LogP contribution in [-0.2, 0) is 0 Å². The molecule has 0 radical (unpaired) electrons. The minimum absolute atomic E-state index is 0.114. The van der Waals surface area contributed by atoms with Crippen molar-refractivity contribution in [2.45, 2.75) is 13.0 Å². The molecule has 3 aromatic rings. The fourth-order valence-electron chi connectivity index (χ4n) is 2.37. The van der Waals surface area contributed by atoms with E-state index in [1.165, 1.54) is 6.20 Å². The topological polar surface area (TPSA) is 92.9 Å². The Labute approximate surface area is 139 Å². The van der Waals surface area contributed by atoms with E-state index in [4.69, 9.17) is 0 Å². The number of aliphatic hydroxyl groups excluding tert-OH is 1. The number of hydrogen-bond acceptors (Lipinski definition) is 5. The summed E-state index contributed by atoms with van der Waals surface area (Å²) in [5, 5.41) is 17.1. The lowest BCUT2D eigenvalue weighted by atomic mass is 10.1. The maximum atomic E-state index is 12.3. The van der Waals surface area contributed by atoms with Gasteiger partial charge in [0.2, 0.25) is 0 Å². The lowest BCUT2D eigenvalue weighted by Crippen LogP contribution is -2.28. The van der Waals surface area contributed by atoms with Crippen molar-refractivity contribution in [1.82, 2.24) is 25.1 Å². The molecule has 0 saturated carbocycles. The summed E-state index contributed by atoms with van der Waals surface area (Å²) in [6.07, 6.45) is 7.27. The third-order valence-corrected chi connectivity index (χ3v) is 3.71. The fourth-order valence-corrected chi connectivity index (χ4v) is 2.37. The zero-order valence-corrected chi connectivity index (χ0v) is 13.1. The van der Waals surface area contributed by atoms with Crippen molar-refractivity contribution < 1.29 is 9.90 Å². The first-order chi connectivity index (χ1) is 11.7. The Bertz CT molecular complexity index is 818. The van der Waals surface area contributed by atoms with Crippen molar-refractivity contribution in [2.75, 3.05) is 6.54 Å². The molecule has 0 aliphatic carbocycles. The SMILES string of the molecule is Cc1c(C(=O)NCC(O)c2ccncc2)cnn1-c1ccncc1. The minimum Gasteiger partial charge on any atom is -0.387 e. The molecule has 7 heteroatoms. The van der Waals surface area contributed by atoms with Crippen LogP contribution in [0.4, 0.5) is 0 Å². The van der Waals surface area contributed by atoms with Crippen molar-refractivity contribution in [3.8, 4) is 5.69 Å². The largest absolute Gasteiger partial charge is 0.387 e. The van der Waals surface area contributed by atoms with Gasteiger partial charge in [-0.05, 0) is 36.8 Å². The van der Waals surface area contributed by atoms with E-state index in [1.54, 1.807) is 41.6 Å². The summed E-state index contributed by atoms with van der Waals surface area (Å²) < 4.78 is 1.68. The monoisotopic (exact) mass is 323 g/mol. The molecule has 0 fully saturated rings. The number of hydrogen-bond donors (Lipinski definition) is 2. The predicted molar refractivity (Wildman–Crippen MR) is 87.6 cm³/mol. The van der Waals surface area contributed by atoms with Crippen LogP contribution in [0.2, 0.25) is 0 Å². The van der Waals surface area contributed by atoms with Crippen LogP contribution in [0.1, 0.15) is 27.7 Å². The average Bonchev–Trinajstić information content (AvgIpc) is 3.02. The second-order valence-corrected chi connectivity index (χ2v) is 5.27. The van der Waals surface area contributed by atoms with Crippen LogP contribution in [0.25, 0.3) is 5.69 Å². The van der Waals surface area contributed by atoms with E-state index in [9.17, 15) is 9.90 Å². The summed E-state index contributed by atoms with van der Waals surface area (Å²) in [5.41, 5.74) is 2.72. The number of aromatic nitrogens is 4. The summed E-state index contributed by atoms with van der Waals surface area (Å²) in [6.45, 7) is 1.93. The third kappa shape index (κ3) is 3.31. The van der Waals surface area contributed by atoms with Crippen LogP contribution in [0.5, 0.6) is 0 Å². The third-order valence-electron chi connectivity index (χ3n) is 3.71. The molecule has 1 atom stereocenters. The molecule has 0 aromatic carbocycles. The molecule has 24 heavy (non-hydrogen) atoms. The Kier molecular flexibility index (Phi) is 4.62. The zero-order chi connectivity index (χ0) is 16.9. The van der Waals surface area contributed by atoms with Gasteiger partial charge in [-0.15, -0.1) is 0 Å². The first kappa shape index (κ1) is 15.8. The molecule has 0 aliphatic heterocycles. The van der Waals surface area contributed by atoms with Gasteiger partial charge >= 0.3 is 0 Å². The van der Waals surface area contributed by atoms with E-state index in [2.05, 4.69) is 20.4 Å². The molecule has 0 bridgehead atoms. The smallest absolute Gasteiger partial charge is 0.254 e. The number of nitrogens with zero attached hydrogens (tertiary/aromatic N) is 4. The van der Waals surface area contributed by atoms with Gasteiger partial charge in [0.05, 0.1) is 29.2 Å². The van der Waals surface area contributed by atoms with Crippen molar-refractivity contribution in [1.29, 1.82) is 0 Å². The molecule has 0 aliphatic rings. The number of nitrogens with one attached hydrogen (secondary N) is 1. The van der Waals surface area contributed by atoms with Gasteiger partial charge in [0.15, 0.2) is 0 Å². The second kappa shape index (κ2) is 7.01. The van der Waals surface area contributed by atoms with Crippen LogP contribution in [0, 0.1) is 6.92 Å². The highest BCUT2D eigenvalue weighted by atomic mass is 16.3. The minimum atomic E-state index is -0.785. The molecular formula is C17H17N5O2. The molecule has 1 unspecified atom stereocenters. The maximum absolute atomic E-state index is 12.3. The highest BCUT2D eigenvalue weighted by molar-refractivity contribution is 5.95. The summed E-state index contributed by atoms with van der Waals surface area (Å²) in [7, 11) is 0. The molecule has 0 saturated heterocycles. The number of rotatable bonds is 5. The van der Waals surface area contributed by atoms with Crippen molar-refractivity contribution >= 4 is 5.91 Å². The second-order valence-electron chi connectivity index (χ2n) is 5.27. The Balaban J connectivity index is 1.69. The highest BCUT2D eigenvalue weighted by Gasteiger charge is 2.16. The Hall–Kier alpha value is -3.06. The Morgan fingerprint density at radius 3 is 2.46 bits per heavy atom. The molecule has 3 rings (SSSR count). The van der Waals surface area contributed by atoms with Crippen molar-refractivity contribution in [3.05, 3.63) is 72.1 Å². The molecule has 2 N–H and O–H groups in total. The van der Waals surface area contributed by atoms with Gasteiger partial charge in [-0.3, -0.25) is 14.8 Å². The summed E-state index contributed by atoms with van der Waals surface area (Å²) >= 11 is 0. The van der Waals surface area contributed by atoms with Crippen LogP contribution in [0.3, 0.4) is 0 Å². The summed E-state index contributed by atoms with van der Waals surface area (Å²) in [6, 6.07) is 7.05. The van der Waals surface area contributed by atoms with Gasteiger partial charge in [0.1, 0.15) is 0 Å². The fraction of sp³-hybridized carbons (Fsp3) is 0.176. The lowest BCUT2D eigenvalue weighted by Gasteiger charge is -2.12. The van der Waals surface area contributed by atoms with Gasteiger partial charge in [-0.2, -0.15) is 5.10 Å². The molecule has 3 heterocycles. The first-order valence-corrected chi connectivity index (χ1v) is 7.48. The van der Waals surface area contributed by atoms with E-state index in [0.29, 0.717) is 11.1 Å². The normalized spacial score (nSPS) is 11.9. The van der Waals surface area contributed by atoms with Crippen LogP contribution >= 0.6 is 0 Å². The van der Waals surface area contributed by atoms with E-state index in [1.807, 2.05) is 19.1 Å². The number of aliphatic hydroxyl groups is 1. The first-order valence-electron chi connectivity index (χ1n) is 7.48. The summed E-state index contributed by atoms with van der Waals surface area (Å²) in [5.74, 6) is -0.277. The standard InChI is InChI=1S/C17H17N5O2/c1-12-15(10-21-22(12)14-4-8-19-9-5-14)17(24)20-11-16(23)13-2-6-18-7-3-13/h2-10,16,23H,11H2,1H3,(H,20,24). The number of carbonyl (C=O) groups excluding carboxylic acids is 1. The number of carbonyl (C=O) groups is 1. The molecule has 3 aromatic heterocycles. The van der Waals surface area contributed by atoms with Crippen molar-refractivity contribution in [2.24, 2.45) is 0 Å². The van der Waals surface area contributed by atoms with E-state index >= 15 is 0 Å². The molecule has 0 spiro atoms. The predicted octanol–water partition coefficient (Wildman–Crippen LogP) is 1.43. The number of pyridine rings is 2. The molecular weight excluding hydrogens is 306 g/mol. The Morgan fingerprint density at radius 1 is 1.17 bits per heavy atom. The van der Waals surface area contributed by atoms with Gasteiger partial charge < -0.3 is 10.4 Å². The van der Waals surface area contributed by atoms with Gasteiger partial charge in [-0.25, -0.2) is 4.68 Å². The molecule has 122 valence electrons. The number of amides is 1. The van der Waals surface area contributed by atoms with E-state index in [0.717, 1.165) is 11.4 Å².